The average molecular weight is 277 g/mol. The Morgan fingerprint density at radius 3 is 2.60 bits per heavy atom. The maximum Gasteiger partial charge on any atom is 0.229 e. The van der Waals surface area contributed by atoms with Gasteiger partial charge in [-0.1, -0.05) is 6.58 Å². The maximum atomic E-state index is 4.04. The van der Waals surface area contributed by atoms with Gasteiger partial charge in [0.05, 0.1) is 13.2 Å². The van der Waals surface area contributed by atoms with Gasteiger partial charge >= 0.3 is 0 Å². The van der Waals surface area contributed by atoms with E-state index in [4.69, 9.17) is 0 Å². The largest absolute Gasteiger partial charge is 0.330 e. The number of imidazole rings is 1. The van der Waals surface area contributed by atoms with Gasteiger partial charge in [-0.15, -0.1) is 20.4 Å². The standard InChI is InChI=1S/C12H20N8/c1-11(18(3)7-6-13-2)16-14-10-15-17-12-19(4)8-9-20(12)5/h6-10,13H,1H2,2-5H3/p+1/b7-6-,15-10+,16-14?. The lowest BCUT2D eigenvalue weighted by Gasteiger charge is -2.09. The number of quaternary nitrogens is 1. The monoisotopic (exact) mass is 277 g/mol. The normalized spacial score (nSPS) is 11.8. The summed E-state index contributed by atoms with van der Waals surface area (Å²) < 4.78 is 3.71. The van der Waals surface area contributed by atoms with Crippen LogP contribution in [0.2, 0.25) is 0 Å². The van der Waals surface area contributed by atoms with E-state index >= 15 is 0 Å². The topological polar surface area (TPSA) is 79.2 Å². The second kappa shape index (κ2) is 7.85. The molecule has 0 aliphatic rings. The molecule has 0 fully saturated rings. The molecule has 0 aromatic carbocycles. The fourth-order valence-electron chi connectivity index (χ4n) is 1.29. The molecule has 0 amide bonds. The molecular weight excluding hydrogens is 256 g/mol. The fraction of sp³-hybridized carbons (Fsp3) is 0.333. The molecule has 1 aromatic heterocycles. The summed E-state index contributed by atoms with van der Waals surface area (Å²) >= 11 is 0. The van der Waals surface area contributed by atoms with E-state index in [1.54, 1.807) is 4.90 Å². The van der Waals surface area contributed by atoms with Crippen molar-refractivity contribution in [3.8, 4) is 0 Å². The Morgan fingerprint density at radius 2 is 2.00 bits per heavy atom. The second-order valence-electron chi connectivity index (χ2n) is 4.07. The summed E-state index contributed by atoms with van der Waals surface area (Å²) in [7, 11) is 7.56. The van der Waals surface area contributed by atoms with Crippen molar-refractivity contribution in [2.45, 2.75) is 0 Å². The zero-order valence-electron chi connectivity index (χ0n) is 12.3. The van der Waals surface area contributed by atoms with Crippen molar-refractivity contribution in [2.75, 3.05) is 14.1 Å². The second-order valence-corrected chi connectivity index (χ2v) is 4.07. The molecule has 0 bridgehead atoms. The Hall–Kier alpha value is -2.48. The lowest BCUT2D eigenvalue weighted by molar-refractivity contribution is -0.557. The Morgan fingerprint density at radius 1 is 1.35 bits per heavy atom. The summed E-state index contributed by atoms with van der Waals surface area (Å²) in [5.74, 6) is 0.513. The molecule has 0 saturated heterocycles. The smallest absolute Gasteiger partial charge is 0.229 e. The van der Waals surface area contributed by atoms with Crippen molar-refractivity contribution < 1.29 is 5.32 Å². The van der Waals surface area contributed by atoms with Crippen LogP contribution in [-0.2, 0) is 14.1 Å². The number of nitrogens with two attached hydrogens (primary N) is 1. The molecule has 0 radical (unpaired) electrons. The number of hydrogen-bond acceptors (Lipinski definition) is 4. The molecule has 108 valence electrons. The van der Waals surface area contributed by atoms with E-state index in [0.717, 1.165) is 0 Å². The van der Waals surface area contributed by atoms with E-state index in [-0.39, 0.29) is 0 Å². The van der Waals surface area contributed by atoms with Gasteiger partial charge in [0.15, 0.2) is 6.34 Å². The lowest BCUT2D eigenvalue weighted by Crippen LogP contribution is -2.72. The third-order valence-corrected chi connectivity index (χ3v) is 2.48. The molecule has 2 N–H and O–H groups in total. The molecule has 0 aliphatic carbocycles. The van der Waals surface area contributed by atoms with Gasteiger partial charge in [0, 0.05) is 33.5 Å². The van der Waals surface area contributed by atoms with Crippen LogP contribution in [0.1, 0.15) is 0 Å². The first-order valence-corrected chi connectivity index (χ1v) is 6.08. The highest BCUT2D eigenvalue weighted by molar-refractivity contribution is 5.54. The maximum absolute atomic E-state index is 4.04. The van der Waals surface area contributed by atoms with E-state index in [2.05, 4.69) is 27.0 Å². The molecule has 0 unspecified atom stereocenters. The van der Waals surface area contributed by atoms with Crippen molar-refractivity contribution in [1.29, 1.82) is 0 Å². The summed E-state index contributed by atoms with van der Waals surface area (Å²) in [6, 6.07) is 0. The number of hydrogen-bond donors (Lipinski definition) is 1. The summed E-state index contributed by atoms with van der Waals surface area (Å²) in [5.41, 5.74) is 0.716. The zero-order chi connectivity index (χ0) is 15.0. The first kappa shape index (κ1) is 15.6. The number of aromatic nitrogens is 2. The summed E-state index contributed by atoms with van der Waals surface area (Å²) in [5, 5.41) is 17.5. The van der Waals surface area contributed by atoms with Gasteiger partial charge in [-0.05, 0) is 0 Å². The molecule has 0 saturated carbocycles. The van der Waals surface area contributed by atoms with Gasteiger partial charge in [0.1, 0.15) is 12.0 Å². The quantitative estimate of drug-likeness (QED) is 0.330. The first-order valence-electron chi connectivity index (χ1n) is 6.08. The van der Waals surface area contributed by atoms with Crippen LogP contribution >= 0.6 is 0 Å². The first-order chi connectivity index (χ1) is 9.56. The van der Waals surface area contributed by atoms with Crippen molar-refractivity contribution in [3.63, 3.8) is 0 Å². The molecule has 0 aliphatic heterocycles. The van der Waals surface area contributed by atoms with Crippen LogP contribution in [-0.4, -0.2) is 34.5 Å². The Labute approximate surface area is 118 Å². The van der Waals surface area contributed by atoms with Crippen LogP contribution in [0.5, 0.6) is 0 Å². The Balaban J connectivity index is 2.61. The van der Waals surface area contributed by atoms with Crippen molar-refractivity contribution in [1.82, 2.24) is 14.0 Å². The summed E-state index contributed by atoms with van der Waals surface area (Å²) in [6.45, 7) is 3.78. The van der Waals surface area contributed by atoms with E-state index in [1.165, 1.54) is 6.34 Å². The third-order valence-electron chi connectivity index (χ3n) is 2.48. The third kappa shape index (κ3) is 4.65. The molecule has 0 spiro atoms. The minimum absolute atomic E-state index is 0.513. The summed E-state index contributed by atoms with van der Waals surface area (Å²) in [6.07, 6.45) is 8.79. The van der Waals surface area contributed by atoms with Crippen molar-refractivity contribution in [2.24, 2.45) is 34.5 Å². The van der Waals surface area contributed by atoms with Crippen molar-refractivity contribution >= 4 is 6.34 Å². The SMILES string of the molecule is C=C(N=N/C=N/N=c1n(C)ccn1C)N(C)/C=C\[NH2+]C. The van der Waals surface area contributed by atoms with Gasteiger partial charge in [-0.3, -0.25) is 0 Å². The van der Waals surface area contributed by atoms with Gasteiger partial charge in [0.25, 0.3) is 0 Å². The number of rotatable bonds is 6. The van der Waals surface area contributed by atoms with E-state index < -0.39 is 0 Å². The minimum Gasteiger partial charge on any atom is -0.330 e. The number of aryl methyl sites for hydroxylation is 2. The molecule has 8 nitrogen and oxygen atoms in total. The van der Waals surface area contributed by atoms with E-state index in [9.17, 15) is 0 Å². The molecule has 1 aromatic rings. The van der Waals surface area contributed by atoms with Gasteiger partial charge < -0.3 is 19.4 Å². The Kier molecular flexibility index (Phi) is 6.11. The molecular formula is C12H21N8+. The lowest BCUT2D eigenvalue weighted by atomic mass is 10.6. The van der Waals surface area contributed by atoms with Gasteiger partial charge in [0.2, 0.25) is 5.62 Å². The molecule has 0 atom stereocenters. The highest BCUT2D eigenvalue weighted by Crippen LogP contribution is 1.99. The van der Waals surface area contributed by atoms with Gasteiger partial charge in [-0.25, -0.2) is 0 Å². The average Bonchev–Trinajstić information content (AvgIpc) is 2.75. The van der Waals surface area contributed by atoms with Crippen LogP contribution in [0, 0.1) is 0 Å². The predicted octanol–water partition coefficient (Wildman–Crippen LogP) is -0.273. The molecule has 1 heterocycles. The number of nitrogens with zero attached hydrogens (tertiary/aromatic N) is 7. The van der Waals surface area contributed by atoms with Crippen LogP contribution in [0.15, 0.2) is 57.6 Å². The van der Waals surface area contributed by atoms with Crippen LogP contribution in [0.4, 0.5) is 0 Å². The molecule has 1 rings (SSSR count). The van der Waals surface area contributed by atoms with E-state index in [1.807, 2.05) is 67.4 Å². The van der Waals surface area contributed by atoms with Crippen LogP contribution in [0.25, 0.3) is 0 Å². The highest BCUT2D eigenvalue weighted by Gasteiger charge is 1.94. The van der Waals surface area contributed by atoms with Crippen molar-refractivity contribution in [3.05, 3.63) is 42.8 Å². The van der Waals surface area contributed by atoms with Gasteiger partial charge in [-0.2, -0.15) is 0 Å². The molecule has 8 heteroatoms. The fourth-order valence-corrected chi connectivity index (χ4v) is 1.29. The number of azo groups is 1. The minimum atomic E-state index is 0.513. The van der Waals surface area contributed by atoms with Crippen LogP contribution in [0.3, 0.4) is 0 Å². The molecule has 20 heavy (non-hydrogen) atoms. The highest BCUT2D eigenvalue weighted by atomic mass is 15.3. The predicted molar refractivity (Wildman–Crippen MR) is 77.2 cm³/mol. The Bertz CT molecular complexity index is 564. The zero-order valence-corrected chi connectivity index (χ0v) is 12.3. The van der Waals surface area contributed by atoms with E-state index in [0.29, 0.717) is 11.4 Å². The van der Waals surface area contributed by atoms with Crippen LogP contribution < -0.4 is 10.9 Å². The summed E-state index contributed by atoms with van der Waals surface area (Å²) in [4.78, 5) is 1.76.